The number of hydrogen-bond donors (Lipinski definition) is 1. The molecule has 0 fully saturated rings. The molecule has 3 rings (SSSR count). The van der Waals surface area contributed by atoms with Gasteiger partial charge in [0, 0.05) is 0 Å². The van der Waals surface area contributed by atoms with Gasteiger partial charge in [0.2, 0.25) is 11.7 Å². The summed E-state index contributed by atoms with van der Waals surface area (Å²) in [6.45, 7) is 3.89. The van der Waals surface area contributed by atoms with Gasteiger partial charge in [-0.1, -0.05) is 42.1 Å². The van der Waals surface area contributed by atoms with Crippen molar-refractivity contribution in [3.63, 3.8) is 0 Å². The third-order valence-electron chi connectivity index (χ3n) is 3.77. The fraction of sp³-hybridized carbons (Fsp3) is 0.300. The molecule has 0 radical (unpaired) electrons. The van der Waals surface area contributed by atoms with Crippen molar-refractivity contribution in [2.45, 2.75) is 31.7 Å². The fourth-order valence-corrected chi connectivity index (χ4v) is 3.32. The predicted octanol–water partition coefficient (Wildman–Crippen LogP) is 2.75. The topological polar surface area (TPSA) is 99.2 Å². The molecule has 0 aliphatic rings. The Labute approximate surface area is 172 Å². The summed E-state index contributed by atoms with van der Waals surface area (Å²) in [6.07, 6.45) is 1.36. The first-order valence-corrected chi connectivity index (χ1v) is 10.1. The van der Waals surface area contributed by atoms with Crippen LogP contribution in [0.15, 0.2) is 58.3 Å². The Balaban J connectivity index is 1.67. The fourth-order valence-electron chi connectivity index (χ4n) is 2.55. The molecule has 0 aliphatic carbocycles. The first-order valence-electron chi connectivity index (χ1n) is 9.13. The summed E-state index contributed by atoms with van der Waals surface area (Å²) in [7, 11) is 0. The Morgan fingerprint density at radius 1 is 1.17 bits per heavy atom. The number of carbonyl (C=O) groups excluding carboxylic acids is 2. The molecule has 8 nitrogen and oxygen atoms in total. The second-order valence-electron chi connectivity index (χ2n) is 6.46. The van der Waals surface area contributed by atoms with Crippen LogP contribution < -0.4 is 5.32 Å². The van der Waals surface area contributed by atoms with Gasteiger partial charge in [-0.2, -0.15) is 0 Å². The lowest BCUT2D eigenvalue weighted by Crippen LogP contribution is -2.32. The largest absolute Gasteiger partial charge is 0.462 e. The van der Waals surface area contributed by atoms with Crippen LogP contribution in [0.1, 0.15) is 19.4 Å². The summed E-state index contributed by atoms with van der Waals surface area (Å²) in [4.78, 5) is 23.6. The van der Waals surface area contributed by atoms with Gasteiger partial charge in [-0.15, -0.1) is 10.2 Å². The number of carbonyl (C=O) groups is 2. The van der Waals surface area contributed by atoms with Crippen molar-refractivity contribution in [2.24, 2.45) is 0 Å². The van der Waals surface area contributed by atoms with Gasteiger partial charge in [-0.3, -0.25) is 14.2 Å². The summed E-state index contributed by atoms with van der Waals surface area (Å²) in [5.41, 5.74) is 1.07. The van der Waals surface area contributed by atoms with Gasteiger partial charge in [0.1, 0.15) is 6.54 Å². The van der Waals surface area contributed by atoms with Crippen LogP contribution in [0, 0.1) is 0 Å². The molecule has 29 heavy (non-hydrogen) atoms. The summed E-state index contributed by atoms with van der Waals surface area (Å²) in [5.74, 6) is 0.527. The third-order valence-corrected chi connectivity index (χ3v) is 4.74. The molecule has 0 aliphatic heterocycles. The minimum Gasteiger partial charge on any atom is -0.462 e. The molecule has 0 unspecified atom stereocenters. The zero-order chi connectivity index (χ0) is 20.6. The summed E-state index contributed by atoms with van der Waals surface area (Å²) >= 11 is 1.24. The normalized spacial score (nSPS) is 10.9. The number of nitrogens with zero attached hydrogens (tertiary/aromatic N) is 3. The standard InChI is InChI=1S/C20H22N4O4S/c1-14(2)28-18(26)11-21-17(25)13-29-20-23-22-19(16-9-6-10-27-16)24(20)12-15-7-4-3-5-8-15/h3-10,14H,11-13H2,1-2H3,(H,21,25). The van der Waals surface area contributed by atoms with E-state index < -0.39 is 5.97 Å². The Hall–Kier alpha value is -3.07. The number of rotatable bonds is 9. The van der Waals surface area contributed by atoms with Crippen molar-refractivity contribution in [3.8, 4) is 11.6 Å². The van der Waals surface area contributed by atoms with Gasteiger partial charge < -0.3 is 14.5 Å². The van der Waals surface area contributed by atoms with Crippen molar-refractivity contribution in [1.82, 2.24) is 20.1 Å². The SMILES string of the molecule is CC(C)OC(=O)CNC(=O)CSc1nnc(-c2ccco2)n1Cc1ccccc1. The molecular weight excluding hydrogens is 392 g/mol. The zero-order valence-electron chi connectivity index (χ0n) is 16.2. The van der Waals surface area contributed by atoms with Crippen molar-refractivity contribution in [1.29, 1.82) is 0 Å². The van der Waals surface area contributed by atoms with Crippen molar-refractivity contribution < 1.29 is 18.7 Å². The van der Waals surface area contributed by atoms with Gasteiger partial charge in [-0.05, 0) is 31.5 Å². The highest BCUT2D eigenvalue weighted by Gasteiger charge is 2.18. The minimum absolute atomic E-state index is 0.0973. The summed E-state index contributed by atoms with van der Waals surface area (Å²) < 4.78 is 12.4. The number of esters is 1. The van der Waals surface area contributed by atoms with E-state index in [1.54, 1.807) is 26.2 Å². The average molecular weight is 414 g/mol. The van der Waals surface area contributed by atoms with E-state index in [0.29, 0.717) is 23.3 Å². The van der Waals surface area contributed by atoms with Crippen LogP contribution in [-0.4, -0.2) is 45.0 Å². The van der Waals surface area contributed by atoms with E-state index in [0.717, 1.165) is 5.56 Å². The second-order valence-corrected chi connectivity index (χ2v) is 7.40. The molecule has 152 valence electrons. The first-order chi connectivity index (χ1) is 14.0. The van der Waals surface area contributed by atoms with E-state index in [-0.39, 0.29) is 24.3 Å². The molecule has 2 aromatic heterocycles. The van der Waals surface area contributed by atoms with E-state index in [1.165, 1.54) is 11.8 Å². The monoisotopic (exact) mass is 414 g/mol. The average Bonchev–Trinajstić information content (AvgIpc) is 3.35. The van der Waals surface area contributed by atoms with E-state index in [4.69, 9.17) is 9.15 Å². The maximum atomic E-state index is 12.1. The molecule has 0 bridgehead atoms. The van der Waals surface area contributed by atoms with Gasteiger partial charge >= 0.3 is 5.97 Å². The van der Waals surface area contributed by atoms with Crippen LogP contribution in [-0.2, 0) is 20.9 Å². The van der Waals surface area contributed by atoms with Crippen LogP contribution in [0.4, 0.5) is 0 Å². The molecule has 0 saturated heterocycles. The highest BCUT2D eigenvalue weighted by atomic mass is 32.2. The molecule has 1 amide bonds. The summed E-state index contributed by atoms with van der Waals surface area (Å²) in [5, 5.41) is 11.6. The first kappa shape index (κ1) is 20.7. The molecule has 2 heterocycles. The number of ether oxygens (including phenoxy) is 1. The van der Waals surface area contributed by atoms with Crippen LogP contribution >= 0.6 is 11.8 Å². The second kappa shape index (κ2) is 9.92. The lowest BCUT2D eigenvalue weighted by atomic mass is 10.2. The molecule has 0 saturated carbocycles. The van der Waals surface area contributed by atoms with E-state index in [9.17, 15) is 9.59 Å². The van der Waals surface area contributed by atoms with Crippen LogP contribution in [0.5, 0.6) is 0 Å². The molecule has 0 spiro atoms. The van der Waals surface area contributed by atoms with E-state index >= 15 is 0 Å². The van der Waals surface area contributed by atoms with E-state index in [2.05, 4.69) is 15.5 Å². The number of thioether (sulfide) groups is 1. The number of aromatic nitrogens is 3. The number of hydrogen-bond acceptors (Lipinski definition) is 7. The highest BCUT2D eigenvalue weighted by molar-refractivity contribution is 7.99. The van der Waals surface area contributed by atoms with Gasteiger partial charge in [0.25, 0.3) is 0 Å². The van der Waals surface area contributed by atoms with Crippen LogP contribution in [0.2, 0.25) is 0 Å². The third kappa shape index (κ3) is 5.95. The maximum absolute atomic E-state index is 12.1. The van der Waals surface area contributed by atoms with Gasteiger partial charge in [0.05, 0.1) is 24.7 Å². The molecule has 9 heteroatoms. The van der Waals surface area contributed by atoms with Crippen LogP contribution in [0.25, 0.3) is 11.6 Å². The van der Waals surface area contributed by atoms with E-state index in [1.807, 2.05) is 41.0 Å². The van der Waals surface area contributed by atoms with Crippen molar-refractivity contribution >= 4 is 23.6 Å². The van der Waals surface area contributed by atoms with Crippen LogP contribution in [0.3, 0.4) is 0 Å². The smallest absolute Gasteiger partial charge is 0.325 e. The minimum atomic E-state index is -0.467. The lowest BCUT2D eigenvalue weighted by Gasteiger charge is -2.10. The molecule has 1 aromatic carbocycles. The van der Waals surface area contributed by atoms with Gasteiger partial charge in [0.15, 0.2) is 10.9 Å². The highest BCUT2D eigenvalue weighted by Crippen LogP contribution is 2.25. The number of amides is 1. The Kier molecular flexibility index (Phi) is 7.07. The van der Waals surface area contributed by atoms with Crippen molar-refractivity contribution in [3.05, 3.63) is 54.3 Å². The lowest BCUT2D eigenvalue weighted by molar-refractivity contribution is -0.147. The molecule has 0 atom stereocenters. The Morgan fingerprint density at radius 3 is 2.66 bits per heavy atom. The quantitative estimate of drug-likeness (QED) is 0.424. The summed E-state index contributed by atoms with van der Waals surface area (Å²) in [6, 6.07) is 13.5. The zero-order valence-corrected chi connectivity index (χ0v) is 17.0. The molecule has 3 aromatic rings. The number of furan rings is 1. The maximum Gasteiger partial charge on any atom is 0.325 e. The van der Waals surface area contributed by atoms with Gasteiger partial charge in [-0.25, -0.2) is 0 Å². The Bertz CT molecular complexity index is 939. The van der Waals surface area contributed by atoms with Crippen molar-refractivity contribution in [2.75, 3.05) is 12.3 Å². The molecule has 1 N–H and O–H groups in total. The Morgan fingerprint density at radius 2 is 1.97 bits per heavy atom. The number of benzene rings is 1. The number of nitrogens with one attached hydrogen (secondary N) is 1. The molecular formula is C20H22N4O4S. The predicted molar refractivity (Wildman–Crippen MR) is 108 cm³/mol.